The zero-order valence-electron chi connectivity index (χ0n) is 7.74. The molecule has 4 heteroatoms. The molecule has 0 aromatic heterocycles. The Bertz CT molecular complexity index is 303. The zero-order chi connectivity index (χ0) is 11.0. The Hall–Kier alpha value is -0.990. The topological polar surface area (TPSA) is 32.6 Å². The zero-order valence-corrected chi connectivity index (χ0v) is 9.26. The molecule has 0 aliphatic rings. The molecule has 76 valence electrons. The van der Waals surface area contributed by atoms with Crippen LogP contribution in [0.2, 0.25) is 10.0 Å². The Morgan fingerprint density at radius 3 is 1.93 bits per heavy atom. The van der Waals surface area contributed by atoms with E-state index in [1.165, 1.54) is 6.08 Å². The Morgan fingerprint density at radius 2 is 1.79 bits per heavy atom. The third-order valence-electron chi connectivity index (χ3n) is 1.28. The summed E-state index contributed by atoms with van der Waals surface area (Å²) >= 11 is 11.2. The average molecular weight is 232 g/mol. The molecule has 0 aliphatic carbocycles. The fourth-order valence-electron chi connectivity index (χ4n) is 0.480. The van der Waals surface area contributed by atoms with E-state index in [4.69, 9.17) is 28.4 Å². The van der Waals surface area contributed by atoms with Crippen LogP contribution in [0.15, 0.2) is 42.1 Å². The van der Waals surface area contributed by atoms with Gasteiger partial charge in [-0.1, -0.05) is 47.1 Å². The lowest BCUT2D eigenvalue weighted by molar-refractivity contribution is 0.319. The first-order valence-corrected chi connectivity index (χ1v) is 4.58. The van der Waals surface area contributed by atoms with E-state index in [1.54, 1.807) is 19.1 Å². The minimum absolute atomic E-state index is 0.537. The van der Waals surface area contributed by atoms with Crippen LogP contribution in [0.3, 0.4) is 0 Å². The SMILES string of the molecule is C=CC(C)=NO.Clc1ccccc1Cl. The lowest BCUT2D eigenvalue weighted by Gasteiger charge is -1.88. The van der Waals surface area contributed by atoms with Gasteiger partial charge in [-0.3, -0.25) is 0 Å². The number of halogens is 2. The van der Waals surface area contributed by atoms with Crippen molar-refractivity contribution >= 4 is 28.9 Å². The van der Waals surface area contributed by atoms with Crippen molar-refractivity contribution < 1.29 is 5.21 Å². The molecule has 0 aliphatic heterocycles. The second-order valence-corrected chi connectivity index (χ2v) is 3.17. The highest BCUT2D eigenvalue weighted by Gasteiger charge is 1.89. The summed E-state index contributed by atoms with van der Waals surface area (Å²) < 4.78 is 0. The largest absolute Gasteiger partial charge is 0.411 e. The maximum absolute atomic E-state index is 7.85. The van der Waals surface area contributed by atoms with Crippen molar-refractivity contribution in [1.82, 2.24) is 0 Å². The van der Waals surface area contributed by atoms with Crippen molar-refractivity contribution in [3.63, 3.8) is 0 Å². The van der Waals surface area contributed by atoms with Crippen molar-refractivity contribution in [1.29, 1.82) is 0 Å². The molecule has 0 heterocycles. The number of allylic oxidation sites excluding steroid dienone is 1. The molecule has 14 heavy (non-hydrogen) atoms. The molecule has 0 bridgehead atoms. The lowest BCUT2D eigenvalue weighted by Crippen LogP contribution is -1.78. The van der Waals surface area contributed by atoms with Gasteiger partial charge in [-0.2, -0.15) is 0 Å². The van der Waals surface area contributed by atoms with Crippen molar-refractivity contribution in [2.24, 2.45) is 5.16 Å². The predicted molar refractivity (Wildman–Crippen MR) is 61.6 cm³/mol. The Balaban J connectivity index is 0.000000255. The molecular formula is C10H11Cl2NO. The van der Waals surface area contributed by atoms with Gasteiger partial charge in [-0.15, -0.1) is 0 Å². The number of hydrogen-bond acceptors (Lipinski definition) is 2. The van der Waals surface area contributed by atoms with E-state index in [2.05, 4.69) is 11.7 Å². The van der Waals surface area contributed by atoms with Crippen molar-refractivity contribution in [2.75, 3.05) is 0 Å². The van der Waals surface area contributed by atoms with Gasteiger partial charge >= 0.3 is 0 Å². The summed E-state index contributed by atoms with van der Waals surface area (Å²) in [6, 6.07) is 7.19. The fraction of sp³-hybridized carbons (Fsp3) is 0.100. The van der Waals surface area contributed by atoms with Gasteiger partial charge in [0, 0.05) is 0 Å². The van der Waals surface area contributed by atoms with Gasteiger partial charge in [0.1, 0.15) is 0 Å². The van der Waals surface area contributed by atoms with Gasteiger partial charge in [0.05, 0.1) is 15.8 Å². The van der Waals surface area contributed by atoms with Gasteiger partial charge in [0.2, 0.25) is 0 Å². The number of oxime groups is 1. The third-order valence-corrected chi connectivity index (χ3v) is 2.03. The smallest absolute Gasteiger partial charge is 0.0758 e. The van der Waals surface area contributed by atoms with E-state index < -0.39 is 0 Å². The first kappa shape index (κ1) is 13.0. The number of nitrogens with zero attached hydrogens (tertiary/aromatic N) is 1. The molecule has 0 amide bonds. The maximum Gasteiger partial charge on any atom is 0.0758 e. The molecule has 1 aromatic carbocycles. The van der Waals surface area contributed by atoms with Crippen molar-refractivity contribution in [2.45, 2.75) is 6.92 Å². The monoisotopic (exact) mass is 231 g/mol. The summed E-state index contributed by atoms with van der Waals surface area (Å²) in [5.74, 6) is 0. The molecule has 0 unspecified atom stereocenters. The number of rotatable bonds is 1. The third kappa shape index (κ3) is 5.62. The van der Waals surface area contributed by atoms with Crippen LogP contribution < -0.4 is 0 Å². The van der Waals surface area contributed by atoms with Gasteiger partial charge < -0.3 is 5.21 Å². The normalized spacial score (nSPS) is 10.1. The standard InChI is InChI=1S/C6H4Cl2.C4H7NO/c7-5-3-1-2-4-6(5)8;1-3-4(2)5-6/h1-4H;3,6H,1H2,2H3. The highest BCUT2D eigenvalue weighted by molar-refractivity contribution is 6.41. The van der Waals surface area contributed by atoms with Gasteiger partial charge in [0.15, 0.2) is 0 Å². The van der Waals surface area contributed by atoms with Crippen LogP contribution in [0.25, 0.3) is 0 Å². The summed E-state index contributed by atoms with van der Waals surface area (Å²) in [4.78, 5) is 0. The molecule has 2 nitrogen and oxygen atoms in total. The number of benzene rings is 1. The molecule has 1 rings (SSSR count). The molecule has 0 fully saturated rings. The maximum atomic E-state index is 7.85. The van der Waals surface area contributed by atoms with Crippen LogP contribution in [0, 0.1) is 0 Å². The van der Waals surface area contributed by atoms with E-state index in [-0.39, 0.29) is 0 Å². The summed E-state index contributed by atoms with van der Waals surface area (Å²) in [5.41, 5.74) is 0.537. The highest BCUT2D eigenvalue weighted by Crippen LogP contribution is 2.19. The quantitative estimate of drug-likeness (QED) is 0.442. The minimum Gasteiger partial charge on any atom is -0.411 e. The Labute approximate surface area is 93.5 Å². The minimum atomic E-state index is 0.537. The highest BCUT2D eigenvalue weighted by atomic mass is 35.5. The summed E-state index contributed by atoms with van der Waals surface area (Å²) in [6.07, 6.45) is 1.47. The van der Waals surface area contributed by atoms with Crippen LogP contribution >= 0.6 is 23.2 Å². The van der Waals surface area contributed by atoms with Crippen LogP contribution in [0.1, 0.15) is 6.92 Å². The lowest BCUT2D eigenvalue weighted by atomic mass is 10.4. The second kappa shape index (κ2) is 7.42. The van der Waals surface area contributed by atoms with E-state index in [9.17, 15) is 0 Å². The molecular weight excluding hydrogens is 221 g/mol. The van der Waals surface area contributed by atoms with Crippen LogP contribution in [-0.2, 0) is 0 Å². The van der Waals surface area contributed by atoms with Crippen LogP contribution in [0.5, 0.6) is 0 Å². The first-order chi connectivity index (χ1) is 6.61. The first-order valence-electron chi connectivity index (χ1n) is 3.83. The molecule has 1 N–H and O–H groups in total. The molecule has 0 spiro atoms. The Kier molecular flexibility index (Phi) is 6.89. The van der Waals surface area contributed by atoms with Gasteiger partial charge in [0.25, 0.3) is 0 Å². The Morgan fingerprint density at radius 1 is 1.36 bits per heavy atom. The van der Waals surface area contributed by atoms with Crippen LogP contribution in [-0.4, -0.2) is 10.9 Å². The average Bonchev–Trinajstić information content (AvgIpc) is 2.22. The van der Waals surface area contributed by atoms with E-state index in [1.807, 2.05) is 12.1 Å². The molecule has 0 atom stereocenters. The summed E-state index contributed by atoms with van der Waals surface area (Å²) in [7, 11) is 0. The van der Waals surface area contributed by atoms with E-state index in [0.29, 0.717) is 15.8 Å². The van der Waals surface area contributed by atoms with E-state index >= 15 is 0 Å². The van der Waals surface area contributed by atoms with E-state index in [0.717, 1.165) is 0 Å². The fourth-order valence-corrected chi connectivity index (χ4v) is 0.752. The predicted octanol–water partition coefficient (Wildman–Crippen LogP) is 4.02. The molecule has 1 aromatic rings. The van der Waals surface area contributed by atoms with Crippen molar-refractivity contribution in [3.05, 3.63) is 47.0 Å². The molecule has 0 saturated carbocycles. The van der Waals surface area contributed by atoms with Crippen molar-refractivity contribution in [3.8, 4) is 0 Å². The number of hydrogen-bond donors (Lipinski definition) is 1. The molecule has 0 radical (unpaired) electrons. The summed E-state index contributed by atoms with van der Waals surface area (Å²) in [5, 5.41) is 11.9. The second-order valence-electron chi connectivity index (χ2n) is 2.36. The molecule has 0 saturated heterocycles. The van der Waals surface area contributed by atoms with Gasteiger partial charge in [-0.05, 0) is 25.1 Å². The van der Waals surface area contributed by atoms with Gasteiger partial charge in [-0.25, -0.2) is 0 Å². The summed E-state index contributed by atoms with van der Waals surface area (Å²) in [6.45, 7) is 5.00. The van der Waals surface area contributed by atoms with Crippen LogP contribution in [0.4, 0.5) is 0 Å².